The lowest BCUT2D eigenvalue weighted by Crippen LogP contribution is -2.45. The van der Waals surface area contributed by atoms with Gasteiger partial charge in [0.15, 0.2) is 23.0 Å². The number of nitrogens with zero attached hydrogens (tertiary/aromatic N) is 3. The van der Waals surface area contributed by atoms with E-state index >= 15 is 0 Å². The highest BCUT2D eigenvalue weighted by molar-refractivity contribution is 6.10. The standard InChI is InChI=1S/C44H39N9O12/c1-22(18-23-4-11-28(54)12-5-23)39(57)47-25-8-6-24(7-9-25)40(58)51-34(19-27-21-46-53-52-27)43(61)48-26-10-15-33(45-20-26)42(60)50-32-16-13-29(35(55)37(32)64-2)41(59)49-31-17-14-30(44(62)63)36(56)38(31)65-3/h4-18,20-21,34,54-56H,19H2,1-3H3,(H,47,57)(H,48,61)(H,49,59)(H,50,60)(H,51,58)(H,62,63)(H,46,52,53)/b22-18+. The predicted octanol–water partition coefficient (Wildman–Crippen LogP) is 4.56. The van der Waals surface area contributed by atoms with Crippen molar-refractivity contribution in [3.05, 3.63) is 137 Å². The number of aromatic hydroxyl groups is 3. The SMILES string of the molecule is COc1c(NC(=O)c2ccc(NC(=O)c3ccc(NC(=O)C(Cc4cn[nH]n4)NC(=O)c4ccc(NC(=O)/C(C)=C/c5ccc(O)cc5)cc4)cn3)c(OC)c2O)ccc(C(=O)O)c1O. The van der Waals surface area contributed by atoms with E-state index in [1.54, 1.807) is 25.1 Å². The molecule has 65 heavy (non-hydrogen) atoms. The summed E-state index contributed by atoms with van der Waals surface area (Å²) in [5.74, 6) is -6.65. The zero-order valence-electron chi connectivity index (χ0n) is 34.5. The normalized spacial score (nSPS) is 11.4. The summed E-state index contributed by atoms with van der Waals surface area (Å²) in [5.41, 5.74) is 1.19. The average molecular weight is 886 g/mol. The van der Waals surface area contributed by atoms with Crippen LogP contribution in [0.15, 0.2) is 103 Å². The molecule has 0 aliphatic rings. The maximum absolute atomic E-state index is 13.6. The fourth-order valence-corrected chi connectivity index (χ4v) is 6.12. The van der Waals surface area contributed by atoms with Crippen LogP contribution in [-0.2, 0) is 16.0 Å². The molecule has 1 atom stereocenters. The molecule has 21 heteroatoms. The third kappa shape index (κ3) is 11.0. The third-order valence-electron chi connectivity index (χ3n) is 9.45. The summed E-state index contributed by atoms with van der Waals surface area (Å²) in [7, 11) is 2.34. The monoisotopic (exact) mass is 885 g/mol. The molecular weight excluding hydrogens is 847 g/mol. The number of H-pyrrole nitrogens is 1. The smallest absolute Gasteiger partial charge is 0.339 e. The molecule has 5 amide bonds. The van der Waals surface area contributed by atoms with Crippen molar-refractivity contribution in [2.75, 3.05) is 35.5 Å². The van der Waals surface area contributed by atoms with Crippen LogP contribution in [0.5, 0.6) is 28.7 Å². The second-order valence-corrected chi connectivity index (χ2v) is 13.9. The lowest BCUT2D eigenvalue weighted by molar-refractivity contribution is -0.118. The Morgan fingerprint density at radius 1 is 0.692 bits per heavy atom. The number of ether oxygens (including phenoxy) is 2. The Hall–Kier alpha value is -9.27. The Labute approximate surface area is 368 Å². The summed E-state index contributed by atoms with van der Waals surface area (Å²) in [5, 5.41) is 63.3. The minimum atomic E-state index is -1.43. The van der Waals surface area contributed by atoms with Crippen molar-refractivity contribution in [3.63, 3.8) is 0 Å². The molecule has 0 fully saturated rings. The number of aromatic nitrogens is 4. The molecule has 0 aliphatic heterocycles. The fraction of sp³-hybridized carbons (Fsp3) is 0.114. The lowest BCUT2D eigenvalue weighted by Gasteiger charge is -2.18. The summed E-state index contributed by atoms with van der Waals surface area (Å²) in [6, 6.07) is 18.6. The van der Waals surface area contributed by atoms with E-state index < -0.39 is 52.7 Å². The van der Waals surface area contributed by atoms with Gasteiger partial charge in [0.25, 0.3) is 23.6 Å². The molecule has 0 radical (unpaired) electrons. The van der Waals surface area contributed by atoms with Crippen LogP contribution in [0.2, 0.25) is 0 Å². The van der Waals surface area contributed by atoms with Crippen LogP contribution < -0.4 is 36.1 Å². The molecule has 0 bridgehead atoms. The Kier molecular flexibility index (Phi) is 14.0. The van der Waals surface area contributed by atoms with Gasteiger partial charge < -0.3 is 56.5 Å². The van der Waals surface area contributed by atoms with Crippen molar-refractivity contribution in [1.29, 1.82) is 0 Å². The number of carboxylic acids is 1. The number of hydrogen-bond acceptors (Lipinski definition) is 14. The summed E-state index contributed by atoms with van der Waals surface area (Å²) in [6.07, 6.45) is 4.19. The number of rotatable bonds is 16. The minimum Gasteiger partial charge on any atom is -0.508 e. The quantitative estimate of drug-likeness (QED) is 0.0596. The van der Waals surface area contributed by atoms with Gasteiger partial charge in [-0.1, -0.05) is 12.1 Å². The predicted molar refractivity (Wildman–Crippen MR) is 233 cm³/mol. The van der Waals surface area contributed by atoms with Gasteiger partial charge >= 0.3 is 5.97 Å². The number of carbonyl (C=O) groups excluding carboxylic acids is 5. The van der Waals surface area contributed by atoms with Gasteiger partial charge in [0.1, 0.15) is 23.0 Å². The molecule has 2 heterocycles. The topological polar surface area (TPSA) is 316 Å². The van der Waals surface area contributed by atoms with Gasteiger partial charge in [0, 0.05) is 23.2 Å². The van der Waals surface area contributed by atoms with Gasteiger partial charge in [0.05, 0.1) is 54.9 Å². The third-order valence-corrected chi connectivity index (χ3v) is 9.45. The van der Waals surface area contributed by atoms with Gasteiger partial charge in [-0.3, -0.25) is 24.0 Å². The lowest BCUT2D eigenvalue weighted by atomic mass is 10.1. The first-order valence-electron chi connectivity index (χ1n) is 19.1. The van der Waals surface area contributed by atoms with E-state index in [1.807, 2.05) is 0 Å². The van der Waals surface area contributed by atoms with Crippen molar-refractivity contribution in [2.45, 2.75) is 19.4 Å². The number of carboxylic acid groups (broad SMARTS) is 1. The summed E-state index contributed by atoms with van der Waals surface area (Å²) < 4.78 is 10.4. The van der Waals surface area contributed by atoms with Crippen molar-refractivity contribution >= 4 is 64.3 Å². The molecule has 6 rings (SSSR count). The Balaban J connectivity index is 1.08. The fourth-order valence-electron chi connectivity index (χ4n) is 6.12. The maximum Gasteiger partial charge on any atom is 0.339 e. The van der Waals surface area contributed by atoms with E-state index in [4.69, 9.17) is 9.47 Å². The number of aromatic carboxylic acids is 1. The first-order valence-corrected chi connectivity index (χ1v) is 19.1. The number of hydrogen-bond donors (Lipinski definition) is 10. The van der Waals surface area contributed by atoms with Crippen molar-refractivity contribution in [1.82, 2.24) is 25.7 Å². The Morgan fingerprint density at radius 3 is 1.89 bits per heavy atom. The van der Waals surface area contributed by atoms with Crippen LogP contribution in [0.4, 0.5) is 22.7 Å². The average Bonchev–Trinajstić information content (AvgIpc) is 3.80. The van der Waals surface area contributed by atoms with Crippen LogP contribution in [0.25, 0.3) is 6.08 Å². The van der Waals surface area contributed by atoms with Crippen molar-refractivity contribution < 1.29 is 58.7 Å². The van der Waals surface area contributed by atoms with Gasteiger partial charge in [0.2, 0.25) is 5.91 Å². The molecule has 1 unspecified atom stereocenters. The summed E-state index contributed by atoms with van der Waals surface area (Å²) >= 11 is 0. The molecule has 332 valence electrons. The van der Waals surface area contributed by atoms with E-state index in [2.05, 4.69) is 47.0 Å². The minimum absolute atomic E-state index is 0.0492. The summed E-state index contributed by atoms with van der Waals surface area (Å²) in [6.45, 7) is 1.63. The first-order chi connectivity index (χ1) is 31.1. The molecule has 2 aromatic heterocycles. The number of methoxy groups -OCH3 is 2. The molecule has 10 N–H and O–H groups in total. The molecule has 0 saturated heterocycles. The molecule has 4 aromatic carbocycles. The van der Waals surface area contributed by atoms with Crippen LogP contribution in [0, 0.1) is 0 Å². The van der Waals surface area contributed by atoms with E-state index in [1.165, 1.54) is 86.2 Å². The number of nitrogens with one attached hydrogen (secondary N) is 6. The maximum atomic E-state index is 13.6. The highest BCUT2D eigenvalue weighted by Gasteiger charge is 2.26. The largest absolute Gasteiger partial charge is 0.508 e. The second kappa shape index (κ2) is 20.1. The van der Waals surface area contributed by atoms with Crippen LogP contribution in [-0.4, -0.2) is 96.6 Å². The van der Waals surface area contributed by atoms with E-state index in [-0.39, 0.29) is 63.5 Å². The molecule has 6 aromatic rings. The molecule has 0 spiro atoms. The number of benzene rings is 4. The van der Waals surface area contributed by atoms with E-state index in [0.717, 1.165) is 18.7 Å². The number of amides is 5. The second-order valence-electron chi connectivity index (χ2n) is 13.9. The molecule has 0 saturated carbocycles. The molecule has 21 nitrogen and oxygen atoms in total. The van der Waals surface area contributed by atoms with Gasteiger partial charge in [-0.2, -0.15) is 15.4 Å². The Bertz CT molecular complexity index is 2790. The van der Waals surface area contributed by atoms with Crippen molar-refractivity contribution in [3.8, 4) is 28.7 Å². The van der Waals surface area contributed by atoms with Crippen LogP contribution in [0.1, 0.15) is 59.7 Å². The number of carbonyl (C=O) groups is 6. The van der Waals surface area contributed by atoms with Crippen molar-refractivity contribution in [2.24, 2.45) is 0 Å². The van der Waals surface area contributed by atoms with Crippen LogP contribution >= 0.6 is 0 Å². The number of phenols is 3. The summed E-state index contributed by atoms with van der Waals surface area (Å²) in [4.78, 5) is 81.6. The van der Waals surface area contributed by atoms with Gasteiger partial charge in [-0.05, 0) is 91.4 Å². The van der Waals surface area contributed by atoms with Gasteiger partial charge in [-0.15, -0.1) is 0 Å². The van der Waals surface area contributed by atoms with E-state index in [9.17, 15) is 49.2 Å². The molecule has 0 aliphatic carbocycles. The first kappa shape index (κ1) is 45.3. The number of phenolic OH excluding ortho intramolecular Hbond substituents is 2. The highest BCUT2D eigenvalue weighted by atomic mass is 16.5. The number of pyridine rings is 1. The number of aromatic amines is 1. The van der Waals surface area contributed by atoms with Gasteiger partial charge in [-0.25, -0.2) is 9.78 Å². The zero-order chi connectivity index (χ0) is 46.8. The zero-order valence-corrected chi connectivity index (χ0v) is 34.5. The molecular formula is C44H39N9O12. The number of anilines is 4. The Morgan fingerprint density at radius 2 is 1.31 bits per heavy atom. The van der Waals surface area contributed by atoms with Crippen LogP contribution in [0.3, 0.4) is 0 Å². The highest BCUT2D eigenvalue weighted by Crippen LogP contribution is 2.40. The van der Waals surface area contributed by atoms with E-state index in [0.29, 0.717) is 17.0 Å².